The van der Waals surface area contributed by atoms with Crippen molar-refractivity contribution in [1.29, 1.82) is 0 Å². The Balaban J connectivity index is 2.66. The molecule has 1 heterocycles. The third-order valence-corrected chi connectivity index (χ3v) is 3.70. The van der Waals surface area contributed by atoms with E-state index in [-0.39, 0.29) is 5.57 Å². The SMILES string of the molecule is CCCCc1[nH]c2ccccc2c1/C(=C/C(=O)OC)C(=O)OC. The van der Waals surface area contributed by atoms with Crippen LogP contribution in [0, 0.1) is 0 Å². The van der Waals surface area contributed by atoms with Crippen molar-refractivity contribution in [3.05, 3.63) is 41.6 Å². The van der Waals surface area contributed by atoms with Crippen LogP contribution >= 0.6 is 0 Å². The molecule has 0 saturated carbocycles. The number of aromatic amines is 1. The standard InChI is InChI=1S/C18H21NO4/c1-4-5-9-15-17(12-8-6-7-10-14(12)19-15)13(18(21)23-3)11-16(20)22-2/h6-8,10-11,19H,4-5,9H2,1-3H3/b13-11-. The molecule has 0 amide bonds. The maximum Gasteiger partial charge on any atom is 0.338 e. The largest absolute Gasteiger partial charge is 0.466 e. The van der Waals surface area contributed by atoms with Gasteiger partial charge in [0, 0.05) is 28.2 Å². The second kappa shape index (κ2) is 7.63. The molecule has 0 bridgehead atoms. The van der Waals surface area contributed by atoms with Gasteiger partial charge in [0.2, 0.25) is 0 Å². The number of para-hydroxylation sites is 1. The predicted octanol–water partition coefficient (Wildman–Crippen LogP) is 3.24. The smallest absolute Gasteiger partial charge is 0.338 e. The van der Waals surface area contributed by atoms with E-state index in [1.54, 1.807) is 0 Å². The van der Waals surface area contributed by atoms with Crippen molar-refractivity contribution in [2.45, 2.75) is 26.2 Å². The number of carbonyl (C=O) groups excluding carboxylic acids is 2. The van der Waals surface area contributed by atoms with Gasteiger partial charge in [0.25, 0.3) is 0 Å². The van der Waals surface area contributed by atoms with Crippen LogP contribution in [0.5, 0.6) is 0 Å². The van der Waals surface area contributed by atoms with E-state index in [0.29, 0.717) is 5.56 Å². The van der Waals surface area contributed by atoms with Gasteiger partial charge in [0.15, 0.2) is 0 Å². The van der Waals surface area contributed by atoms with E-state index in [2.05, 4.69) is 16.6 Å². The van der Waals surface area contributed by atoms with Gasteiger partial charge in [-0.15, -0.1) is 0 Å². The second-order valence-electron chi connectivity index (χ2n) is 5.20. The number of esters is 2. The van der Waals surface area contributed by atoms with Crippen molar-refractivity contribution in [3.63, 3.8) is 0 Å². The molecule has 122 valence electrons. The van der Waals surface area contributed by atoms with E-state index >= 15 is 0 Å². The number of nitrogens with one attached hydrogen (secondary N) is 1. The molecule has 1 aromatic carbocycles. The lowest BCUT2D eigenvalue weighted by Crippen LogP contribution is -2.09. The van der Waals surface area contributed by atoms with Gasteiger partial charge >= 0.3 is 11.9 Å². The van der Waals surface area contributed by atoms with Gasteiger partial charge in [0.05, 0.1) is 19.8 Å². The summed E-state index contributed by atoms with van der Waals surface area (Å²) in [6.45, 7) is 2.10. The number of hydrogen-bond acceptors (Lipinski definition) is 4. The first-order chi connectivity index (χ1) is 11.1. The fraction of sp³-hybridized carbons (Fsp3) is 0.333. The molecule has 0 spiro atoms. The molecule has 5 nitrogen and oxygen atoms in total. The van der Waals surface area contributed by atoms with Gasteiger partial charge in [-0.1, -0.05) is 31.5 Å². The van der Waals surface area contributed by atoms with Crippen LogP contribution in [0.2, 0.25) is 0 Å². The molecule has 0 aliphatic heterocycles. The Hall–Kier alpha value is -2.56. The average molecular weight is 315 g/mol. The lowest BCUT2D eigenvalue weighted by molar-refractivity contribution is -0.136. The summed E-state index contributed by atoms with van der Waals surface area (Å²) in [4.78, 5) is 27.3. The van der Waals surface area contributed by atoms with Crippen molar-refractivity contribution in [2.75, 3.05) is 14.2 Å². The Morgan fingerprint density at radius 1 is 1.17 bits per heavy atom. The number of rotatable bonds is 6. The molecule has 0 aliphatic carbocycles. The summed E-state index contributed by atoms with van der Waals surface area (Å²) >= 11 is 0. The lowest BCUT2D eigenvalue weighted by atomic mass is 9.99. The van der Waals surface area contributed by atoms with Crippen LogP contribution in [-0.4, -0.2) is 31.1 Å². The Labute approximate surface area is 135 Å². The number of hydrogen-bond donors (Lipinski definition) is 1. The van der Waals surface area contributed by atoms with E-state index in [1.807, 2.05) is 24.3 Å². The van der Waals surface area contributed by atoms with E-state index in [1.165, 1.54) is 20.3 Å². The maximum atomic E-state index is 12.2. The number of fused-ring (bicyclic) bond motifs is 1. The van der Waals surface area contributed by atoms with Crippen LogP contribution in [-0.2, 0) is 25.5 Å². The van der Waals surface area contributed by atoms with Crippen molar-refractivity contribution >= 4 is 28.4 Å². The molecule has 0 unspecified atom stereocenters. The van der Waals surface area contributed by atoms with Crippen molar-refractivity contribution < 1.29 is 19.1 Å². The van der Waals surface area contributed by atoms with Crippen molar-refractivity contribution in [3.8, 4) is 0 Å². The van der Waals surface area contributed by atoms with E-state index in [0.717, 1.165) is 35.9 Å². The molecule has 1 N–H and O–H groups in total. The summed E-state index contributed by atoms with van der Waals surface area (Å²) in [5, 5.41) is 0.888. The molecular weight excluding hydrogens is 294 g/mol. The summed E-state index contributed by atoms with van der Waals surface area (Å²) in [7, 11) is 2.58. The van der Waals surface area contributed by atoms with Crippen LogP contribution < -0.4 is 0 Å². The lowest BCUT2D eigenvalue weighted by Gasteiger charge is -2.08. The molecule has 1 aromatic heterocycles. The first kappa shape index (κ1) is 16.8. The topological polar surface area (TPSA) is 68.4 Å². The molecule has 2 rings (SSSR count). The van der Waals surface area contributed by atoms with E-state index in [9.17, 15) is 9.59 Å². The summed E-state index contributed by atoms with van der Waals surface area (Å²) in [5.41, 5.74) is 2.77. The van der Waals surface area contributed by atoms with Gasteiger partial charge in [-0.2, -0.15) is 0 Å². The molecule has 0 atom stereocenters. The van der Waals surface area contributed by atoms with E-state index < -0.39 is 11.9 Å². The minimum Gasteiger partial charge on any atom is -0.466 e. The number of unbranched alkanes of at least 4 members (excludes halogenated alkanes) is 1. The van der Waals surface area contributed by atoms with Gasteiger partial charge in [-0.25, -0.2) is 9.59 Å². The Kier molecular flexibility index (Phi) is 5.57. The average Bonchev–Trinajstić information content (AvgIpc) is 2.94. The van der Waals surface area contributed by atoms with Crippen molar-refractivity contribution in [2.24, 2.45) is 0 Å². The number of aryl methyl sites for hydroxylation is 1. The number of carbonyl (C=O) groups is 2. The highest BCUT2D eigenvalue weighted by molar-refractivity contribution is 6.24. The quantitative estimate of drug-likeness (QED) is 0.656. The fourth-order valence-corrected chi connectivity index (χ4v) is 2.57. The van der Waals surface area contributed by atoms with Crippen LogP contribution in [0.15, 0.2) is 30.3 Å². The zero-order valence-corrected chi connectivity index (χ0v) is 13.6. The third-order valence-electron chi connectivity index (χ3n) is 3.70. The van der Waals surface area contributed by atoms with Crippen LogP contribution in [0.1, 0.15) is 31.0 Å². The van der Waals surface area contributed by atoms with Crippen LogP contribution in [0.3, 0.4) is 0 Å². The van der Waals surface area contributed by atoms with Gasteiger partial charge in [-0.3, -0.25) is 0 Å². The summed E-state index contributed by atoms with van der Waals surface area (Å²) in [5.74, 6) is -1.14. The summed E-state index contributed by atoms with van der Waals surface area (Å²) < 4.78 is 9.53. The number of methoxy groups -OCH3 is 2. The summed E-state index contributed by atoms with van der Waals surface area (Å²) in [6, 6.07) is 7.69. The normalized spacial score (nSPS) is 11.5. The first-order valence-corrected chi connectivity index (χ1v) is 7.60. The fourth-order valence-electron chi connectivity index (χ4n) is 2.57. The monoisotopic (exact) mass is 315 g/mol. The zero-order chi connectivity index (χ0) is 16.8. The minimum absolute atomic E-state index is 0.211. The molecule has 23 heavy (non-hydrogen) atoms. The molecule has 5 heteroatoms. The Morgan fingerprint density at radius 2 is 1.91 bits per heavy atom. The Bertz CT molecular complexity index is 743. The van der Waals surface area contributed by atoms with Gasteiger partial charge < -0.3 is 14.5 Å². The highest BCUT2D eigenvalue weighted by Gasteiger charge is 2.22. The number of benzene rings is 1. The first-order valence-electron chi connectivity index (χ1n) is 7.60. The van der Waals surface area contributed by atoms with Crippen molar-refractivity contribution in [1.82, 2.24) is 4.98 Å². The van der Waals surface area contributed by atoms with Gasteiger partial charge in [0.1, 0.15) is 0 Å². The molecule has 2 aromatic rings. The highest BCUT2D eigenvalue weighted by Crippen LogP contribution is 2.31. The number of aromatic nitrogens is 1. The second-order valence-corrected chi connectivity index (χ2v) is 5.20. The molecule has 0 aliphatic rings. The molecular formula is C18H21NO4. The van der Waals surface area contributed by atoms with Crippen LogP contribution in [0.4, 0.5) is 0 Å². The predicted molar refractivity (Wildman–Crippen MR) is 88.9 cm³/mol. The number of H-pyrrole nitrogens is 1. The third kappa shape index (κ3) is 3.62. The van der Waals surface area contributed by atoms with Gasteiger partial charge in [-0.05, 0) is 18.9 Å². The molecule has 0 saturated heterocycles. The highest BCUT2D eigenvalue weighted by atomic mass is 16.5. The maximum absolute atomic E-state index is 12.2. The van der Waals surface area contributed by atoms with Crippen LogP contribution in [0.25, 0.3) is 16.5 Å². The summed E-state index contributed by atoms with van der Waals surface area (Å²) in [6.07, 6.45) is 3.99. The Morgan fingerprint density at radius 3 is 2.57 bits per heavy atom. The zero-order valence-electron chi connectivity index (χ0n) is 13.6. The minimum atomic E-state index is -0.586. The van der Waals surface area contributed by atoms with E-state index in [4.69, 9.17) is 4.74 Å². The number of ether oxygens (including phenoxy) is 2. The molecule has 0 radical (unpaired) electrons. The molecule has 0 fully saturated rings.